The molecule has 168 valence electrons. The molecule has 0 saturated carbocycles. The Labute approximate surface area is 177 Å². The van der Waals surface area contributed by atoms with E-state index >= 15 is 0 Å². The average molecular weight is 397 g/mol. The Morgan fingerprint density at radius 2 is 1.11 bits per heavy atom. The highest BCUT2D eigenvalue weighted by atomic mass is 16.5. The molecule has 0 heterocycles. The van der Waals surface area contributed by atoms with E-state index < -0.39 is 0 Å². The summed E-state index contributed by atoms with van der Waals surface area (Å²) in [6.07, 6.45) is 23.7. The van der Waals surface area contributed by atoms with Gasteiger partial charge in [-0.1, -0.05) is 124 Å². The van der Waals surface area contributed by atoms with Crippen LogP contribution in [0.5, 0.6) is 0 Å². The molecule has 0 amide bonds. The van der Waals surface area contributed by atoms with Crippen LogP contribution in [0.2, 0.25) is 0 Å². The van der Waals surface area contributed by atoms with Gasteiger partial charge in [-0.3, -0.25) is 4.79 Å². The van der Waals surface area contributed by atoms with Gasteiger partial charge in [0.15, 0.2) is 0 Å². The lowest BCUT2D eigenvalue weighted by Gasteiger charge is -2.17. The second-order valence-electron chi connectivity index (χ2n) is 9.22. The summed E-state index contributed by atoms with van der Waals surface area (Å²) < 4.78 is 5.67. The molecule has 0 aromatic rings. The highest BCUT2D eigenvalue weighted by Crippen LogP contribution is 2.16. The van der Waals surface area contributed by atoms with Crippen LogP contribution < -0.4 is 0 Å². The first-order chi connectivity index (χ1) is 13.6. The largest absolute Gasteiger partial charge is 0.462 e. The van der Waals surface area contributed by atoms with Crippen LogP contribution in [0.4, 0.5) is 0 Å². The number of hydrogen-bond acceptors (Lipinski definition) is 2. The molecule has 0 spiro atoms. The molecule has 0 aliphatic rings. The van der Waals surface area contributed by atoms with Gasteiger partial charge in [0, 0.05) is 6.42 Å². The second kappa shape index (κ2) is 21.2. The van der Waals surface area contributed by atoms with Crippen LogP contribution in [-0.2, 0) is 9.53 Å². The predicted molar refractivity (Wildman–Crippen MR) is 124 cm³/mol. The van der Waals surface area contributed by atoms with Crippen LogP contribution in [-0.4, -0.2) is 12.1 Å². The van der Waals surface area contributed by atoms with E-state index in [0.717, 1.165) is 38.0 Å². The maximum Gasteiger partial charge on any atom is 0.306 e. The van der Waals surface area contributed by atoms with Crippen molar-refractivity contribution in [3.8, 4) is 0 Å². The van der Waals surface area contributed by atoms with Gasteiger partial charge in [0.1, 0.15) is 6.10 Å². The van der Waals surface area contributed by atoms with Crippen molar-refractivity contribution in [3.63, 3.8) is 0 Å². The first-order valence-electron chi connectivity index (χ1n) is 12.8. The average Bonchev–Trinajstić information content (AvgIpc) is 2.66. The minimum absolute atomic E-state index is 0.0305. The fourth-order valence-electron chi connectivity index (χ4n) is 3.85. The van der Waals surface area contributed by atoms with Gasteiger partial charge in [-0.25, -0.2) is 0 Å². The van der Waals surface area contributed by atoms with E-state index in [0.29, 0.717) is 6.42 Å². The molecule has 0 aliphatic carbocycles. The third-order valence-corrected chi connectivity index (χ3v) is 5.70. The molecule has 0 N–H and O–H groups in total. The number of esters is 1. The van der Waals surface area contributed by atoms with Gasteiger partial charge in [0.05, 0.1) is 0 Å². The Balaban J connectivity index is 3.36. The van der Waals surface area contributed by atoms with E-state index in [1.54, 1.807) is 0 Å². The van der Waals surface area contributed by atoms with Gasteiger partial charge in [-0.2, -0.15) is 0 Å². The summed E-state index contributed by atoms with van der Waals surface area (Å²) in [5.74, 6) is 0.900. The minimum atomic E-state index is 0.0305. The lowest BCUT2D eigenvalue weighted by molar-refractivity contribution is -0.150. The zero-order valence-electron chi connectivity index (χ0n) is 19.9. The number of unbranched alkanes of at least 4 members (excludes halogenated alkanes) is 12. The van der Waals surface area contributed by atoms with Crippen molar-refractivity contribution in [2.24, 2.45) is 5.92 Å². The number of hydrogen-bond donors (Lipinski definition) is 0. The Hall–Kier alpha value is -0.530. The highest BCUT2D eigenvalue weighted by Gasteiger charge is 2.12. The van der Waals surface area contributed by atoms with Crippen LogP contribution in [0.25, 0.3) is 0 Å². The van der Waals surface area contributed by atoms with Gasteiger partial charge < -0.3 is 4.74 Å². The van der Waals surface area contributed by atoms with Crippen molar-refractivity contribution in [2.75, 3.05) is 0 Å². The first kappa shape index (κ1) is 27.5. The van der Waals surface area contributed by atoms with Crippen LogP contribution in [0.15, 0.2) is 0 Å². The van der Waals surface area contributed by atoms with Gasteiger partial charge in [-0.05, 0) is 25.2 Å². The molecule has 2 nitrogen and oxygen atoms in total. The number of ether oxygens (including phenoxy) is 1. The Kier molecular flexibility index (Phi) is 20.8. The molecule has 1 atom stereocenters. The fourth-order valence-corrected chi connectivity index (χ4v) is 3.85. The van der Waals surface area contributed by atoms with Crippen LogP contribution >= 0.6 is 0 Å². The molecule has 2 heteroatoms. The minimum Gasteiger partial charge on any atom is -0.462 e. The van der Waals surface area contributed by atoms with Crippen molar-refractivity contribution in [1.29, 1.82) is 0 Å². The van der Waals surface area contributed by atoms with Gasteiger partial charge in [0.25, 0.3) is 0 Å². The maximum absolute atomic E-state index is 12.0. The van der Waals surface area contributed by atoms with Crippen molar-refractivity contribution in [3.05, 3.63) is 0 Å². The number of rotatable bonds is 21. The summed E-state index contributed by atoms with van der Waals surface area (Å²) in [5.41, 5.74) is 0. The number of carbonyl (C=O) groups is 1. The molecule has 0 rings (SSSR count). The van der Waals surface area contributed by atoms with Crippen LogP contribution in [0, 0.1) is 5.92 Å². The van der Waals surface area contributed by atoms with Crippen molar-refractivity contribution < 1.29 is 9.53 Å². The molecule has 0 fully saturated rings. The molecule has 1 unspecified atom stereocenters. The van der Waals surface area contributed by atoms with Crippen molar-refractivity contribution in [1.82, 2.24) is 0 Å². The summed E-state index contributed by atoms with van der Waals surface area (Å²) in [6.45, 7) is 9.01. The molecule has 0 saturated heterocycles. The summed E-state index contributed by atoms with van der Waals surface area (Å²) in [4.78, 5) is 12.0. The SMILES string of the molecule is CCCCC(CCC)OC(=O)CCCCCCCCCCCCCCC(C)C. The zero-order chi connectivity index (χ0) is 20.9. The van der Waals surface area contributed by atoms with E-state index in [4.69, 9.17) is 4.74 Å². The molecule has 0 aliphatic heterocycles. The standard InChI is InChI=1S/C26H52O2/c1-5-7-22-25(20-6-2)28-26(27)23-19-17-15-13-11-9-8-10-12-14-16-18-21-24(3)4/h24-25H,5-23H2,1-4H3. The Morgan fingerprint density at radius 3 is 1.57 bits per heavy atom. The molecule has 28 heavy (non-hydrogen) atoms. The zero-order valence-corrected chi connectivity index (χ0v) is 19.9. The smallest absolute Gasteiger partial charge is 0.306 e. The van der Waals surface area contributed by atoms with Gasteiger partial charge in [-0.15, -0.1) is 0 Å². The maximum atomic E-state index is 12.0. The van der Waals surface area contributed by atoms with Gasteiger partial charge in [0.2, 0.25) is 0 Å². The lowest BCUT2D eigenvalue weighted by Crippen LogP contribution is -2.18. The van der Waals surface area contributed by atoms with E-state index in [1.165, 1.54) is 83.5 Å². The third kappa shape index (κ3) is 20.2. The highest BCUT2D eigenvalue weighted by molar-refractivity contribution is 5.69. The summed E-state index contributed by atoms with van der Waals surface area (Å²) in [5, 5.41) is 0. The third-order valence-electron chi connectivity index (χ3n) is 5.70. The molecule has 0 bridgehead atoms. The van der Waals surface area contributed by atoms with Crippen LogP contribution in [0.1, 0.15) is 150 Å². The molecule has 0 aromatic carbocycles. The quantitative estimate of drug-likeness (QED) is 0.143. The molecular formula is C26H52O2. The number of carbonyl (C=O) groups excluding carboxylic acids is 1. The van der Waals surface area contributed by atoms with E-state index in [-0.39, 0.29) is 12.1 Å². The van der Waals surface area contributed by atoms with E-state index in [9.17, 15) is 4.79 Å². The molecule has 0 radical (unpaired) electrons. The molecule has 0 aromatic heterocycles. The topological polar surface area (TPSA) is 26.3 Å². The lowest BCUT2D eigenvalue weighted by atomic mass is 10.0. The fraction of sp³-hybridized carbons (Fsp3) is 0.962. The van der Waals surface area contributed by atoms with Crippen LogP contribution in [0.3, 0.4) is 0 Å². The first-order valence-corrected chi connectivity index (χ1v) is 12.8. The van der Waals surface area contributed by atoms with E-state index in [1.807, 2.05) is 0 Å². The van der Waals surface area contributed by atoms with Crippen molar-refractivity contribution >= 4 is 5.97 Å². The summed E-state index contributed by atoms with van der Waals surface area (Å²) in [6, 6.07) is 0. The summed E-state index contributed by atoms with van der Waals surface area (Å²) in [7, 11) is 0. The van der Waals surface area contributed by atoms with E-state index in [2.05, 4.69) is 27.7 Å². The second-order valence-corrected chi connectivity index (χ2v) is 9.22. The molecular weight excluding hydrogens is 344 g/mol. The van der Waals surface area contributed by atoms with Crippen molar-refractivity contribution in [2.45, 2.75) is 156 Å². The monoisotopic (exact) mass is 396 g/mol. The van der Waals surface area contributed by atoms with Gasteiger partial charge >= 0.3 is 5.97 Å². The predicted octanol–water partition coefficient (Wildman–Crippen LogP) is 9.01. The Bertz CT molecular complexity index is 324. The summed E-state index contributed by atoms with van der Waals surface area (Å²) >= 11 is 0. The Morgan fingerprint density at radius 1 is 0.607 bits per heavy atom. The normalized spacial score (nSPS) is 12.5.